The minimum absolute atomic E-state index is 0. The quantitative estimate of drug-likeness (QED) is 0.599. The van der Waals surface area contributed by atoms with Gasteiger partial charge in [0.15, 0.2) is 0 Å². The van der Waals surface area contributed by atoms with Crippen molar-refractivity contribution in [3.05, 3.63) is 35.4 Å². The van der Waals surface area contributed by atoms with Gasteiger partial charge in [-0.2, -0.15) is 0 Å². The number of rotatable bonds is 1. The van der Waals surface area contributed by atoms with Crippen molar-refractivity contribution in [1.82, 2.24) is 0 Å². The van der Waals surface area contributed by atoms with Crippen LogP contribution in [0.1, 0.15) is 44.2 Å². The zero-order valence-electron chi connectivity index (χ0n) is 8.72. The third-order valence-electron chi connectivity index (χ3n) is 3.34. The summed E-state index contributed by atoms with van der Waals surface area (Å²) in [6.45, 7) is 2.11. The molecular weight excluding hydrogens is 180 g/mol. The Hall–Kier alpha value is -1.22. The van der Waals surface area contributed by atoms with Crippen LogP contribution in [0.4, 0.5) is 0 Å². The lowest BCUT2D eigenvalue weighted by molar-refractivity contribution is 0.581. The predicted molar refractivity (Wildman–Crippen MR) is 66.9 cm³/mol. The summed E-state index contributed by atoms with van der Waals surface area (Å²) in [4.78, 5) is 0. The molecular formula is C15H20. The first-order valence-corrected chi connectivity index (χ1v) is 5.32. The Labute approximate surface area is 93.7 Å². The van der Waals surface area contributed by atoms with Crippen LogP contribution in [0.15, 0.2) is 24.3 Å². The SMILES string of the molecule is C.C#CC1(c2ccc(C)cc2)CCCC1. The lowest BCUT2D eigenvalue weighted by Gasteiger charge is -2.22. The number of terminal acetylenes is 1. The van der Waals surface area contributed by atoms with Gasteiger partial charge in [-0.3, -0.25) is 0 Å². The van der Waals surface area contributed by atoms with Gasteiger partial charge >= 0.3 is 0 Å². The van der Waals surface area contributed by atoms with E-state index in [1.54, 1.807) is 0 Å². The summed E-state index contributed by atoms with van der Waals surface area (Å²) in [5.41, 5.74) is 2.69. The van der Waals surface area contributed by atoms with Crippen molar-refractivity contribution in [1.29, 1.82) is 0 Å². The minimum Gasteiger partial charge on any atom is -0.119 e. The molecule has 0 unspecified atom stereocenters. The molecule has 1 saturated carbocycles. The molecule has 0 atom stereocenters. The maximum Gasteiger partial charge on any atom is 0.0560 e. The molecule has 1 aliphatic rings. The first kappa shape index (κ1) is 11.9. The van der Waals surface area contributed by atoms with E-state index in [2.05, 4.69) is 37.1 Å². The molecule has 1 aliphatic carbocycles. The van der Waals surface area contributed by atoms with Crippen LogP contribution >= 0.6 is 0 Å². The Kier molecular flexibility index (Phi) is 3.58. The summed E-state index contributed by atoms with van der Waals surface area (Å²) in [6.07, 6.45) is 10.6. The highest BCUT2D eigenvalue weighted by atomic mass is 14.3. The smallest absolute Gasteiger partial charge is 0.0560 e. The van der Waals surface area contributed by atoms with Crippen LogP contribution in [-0.2, 0) is 5.41 Å². The van der Waals surface area contributed by atoms with Gasteiger partial charge in [-0.25, -0.2) is 0 Å². The monoisotopic (exact) mass is 200 g/mol. The maximum absolute atomic E-state index is 5.69. The number of hydrogen-bond acceptors (Lipinski definition) is 0. The third kappa shape index (κ3) is 2.07. The van der Waals surface area contributed by atoms with E-state index in [1.807, 2.05) is 0 Å². The fraction of sp³-hybridized carbons (Fsp3) is 0.467. The van der Waals surface area contributed by atoms with Gasteiger partial charge < -0.3 is 0 Å². The molecule has 0 heteroatoms. The molecule has 0 N–H and O–H groups in total. The second-order valence-corrected chi connectivity index (χ2v) is 4.30. The summed E-state index contributed by atoms with van der Waals surface area (Å²) in [7, 11) is 0. The van der Waals surface area contributed by atoms with Crippen molar-refractivity contribution < 1.29 is 0 Å². The molecule has 80 valence electrons. The molecule has 1 aromatic rings. The molecule has 0 heterocycles. The molecule has 0 saturated heterocycles. The summed E-state index contributed by atoms with van der Waals surface area (Å²) in [5.74, 6) is 3.01. The Morgan fingerprint density at radius 1 is 1.13 bits per heavy atom. The van der Waals surface area contributed by atoms with Gasteiger partial charge in [-0.15, -0.1) is 6.42 Å². The topological polar surface area (TPSA) is 0 Å². The molecule has 1 aromatic carbocycles. The van der Waals surface area contributed by atoms with Crippen LogP contribution in [0.25, 0.3) is 0 Å². The number of benzene rings is 1. The van der Waals surface area contributed by atoms with Crippen LogP contribution in [-0.4, -0.2) is 0 Å². The van der Waals surface area contributed by atoms with E-state index in [-0.39, 0.29) is 12.8 Å². The van der Waals surface area contributed by atoms with Crippen molar-refractivity contribution >= 4 is 0 Å². The zero-order chi connectivity index (χ0) is 10.0. The van der Waals surface area contributed by atoms with E-state index in [4.69, 9.17) is 6.42 Å². The van der Waals surface area contributed by atoms with Gasteiger partial charge in [0.25, 0.3) is 0 Å². The molecule has 1 fully saturated rings. The van der Waals surface area contributed by atoms with Crippen LogP contribution in [0.5, 0.6) is 0 Å². The van der Waals surface area contributed by atoms with E-state index in [0.29, 0.717) is 0 Å². The van der Waals surface area contributed by atoms with Crippen LogP contribution in [0.3, 0.4) is 0 Å². The fourth-order valence-corrected chi connectivity index (χ4v) is 2.37. The van der Waals surface area contributed by atoms with Crippen LogP contribution < -0.4 is 0 Å². The zero-order valence-corrected chi connectivity index (χ0v) is 8.72. The second kappa shape index (κ2) is 4.53. The molecule has 0 spiro atoms. The van der Waals surface area contributed by atoms with E-state index in [1.165, 1.54) is 24.0 Å². The van der Waals surface area contributed by atoms with Gasteiger partial charge in [-0.1, -0.05) is 56.0 Å². The minimum atomic E-state index is 0. The van der Waals surface area contributed by atoms with Gasteiger partial charge in [0.2, 0.25) is 0 Å². The van der Waals surface area contributed by atoms with E-state index >= 15 is 0 Å². The van der Waals surface area contributed by atoms with Crippen molar-refractivity contribution in [3.8, 4) is 12.3 Å². The summed E-state index contributed by atoms with van der Waals surface area (Å²) in [5, 5.41) is 0. The second-order valence-electron chi connectivity index (χ2n) is 4.30. The Balaban J connectivity index is 0.00000112. The Morgan fingerprint density at radius 3 is 2.13 bits per heavy atom. The molecule has 0 amide bonds. The summed E-state index contributed by atoms with van der Waals surface area (Å²) in [6, 6.07) is 8.71. The fourth-order valence-electron chi connectivity index (χ4n) is 2.37. The summed E-state index contributed by atoms with van der Waals surface area (Å²) >= 11 is 0. The highest BCUT2D eigenvalue weighted by molar-refractivity contribution is 5.36. The Bertz CT molecular complexity index is 345. The van der Waals surface area contributed by atoms with E-state index in [0.717, 1.165) is 12.8 Å². The highest BCUT2D eigenvalue weighted by Crippen LogP contribution is 2.40. The summed E-state index contributed by atoms with van der Waals surface area (Å²) < 4.78 is 0. The molecule has 0 radical (unpaired) electrons. The van der Waals surface area contributed by atoms with Crippen molar-refractivity contribution in [2.75, 3.05) is 0 Å². The van der Waals surface area contributed by atoms with Crippen molar-refractivity contribution in [2.24, 2.45) is 0 Å². The average Bonchev–Trinajstić information content (AvgIpc) is 2.68. The normalized spacial score (nSPS) is 17.9. The lowest BCUT2D eigenvalue weighted by Crippen LogP contribution is -2.18. The highest BCUT2D eigenvalue weighted by Gasteiger charge is 2.33. The largest absolute Gasteiger partial charge is 0.119 e. The van der Waals surface area contributed by atoms with Gasteiger partial charge in [0.1, 0.15) is 0 Å². The first-order valence-electron chi connectivity index (χ1n) is 5.32. The van der Waals surface area contributed by atoms with E-state index < -0.39 is 0 Å². The van der Waals surface area contributed by atoms with Gasteiger partial charge in [0, 0.05) is 0 Å². The van der Waals surface area contributed by atoms with Crippen molar-refractivity contribution in [2.45, 2.75) is 45.4 Å². The van der Waals surface area contributed by atoms with Crippen LogP contribution in [0.2, 0.25) is 0 Å². The molecule has 0 aromatic heterocycles. The third-order valence-corrected chi connectivity index (χ3v) is 3.34. The molecule has 15 heavy (non-hydrogen) atoms. The van der Waals surface area contributed by atoms with Crippen LogP contribution in [0, 0.1) is 19.3 Å². The van der Waals surface area contributed by atoms with E-state index in [9.17, 15) is 0 Å². The molecule has 0 bridgehead atoms. The standard InChI is InChI=1S/C14H16.CH4/c1-3-14(10-4-5-11-14)13-8-6-12(2)7-9-13;/h1,6-9H,4-5,10-11H2,2H3;1H4. The van der Waals surface area contributed by atoms with Gasteiger partial charge in [-0.05, 0) is 25.3 Å². The lowest BCUT2D eigenvalue weighted by atomic mass is 9.79. The molecule has 0 nitrogen and oxygen atoms in total. The Morgan fingerprint density at radius 2 is 1.67 bits per heavy atom. The predicted octanol–water partition coefficient (Wildman–Crippen LogP) is 4.08. The number of hydrogen-bond donors (Lipinski definition) is 0. The molecule has 2 rings (SSSR count). The molecule has 0 aliphatic heterocycles. The first-order chi connectivity index (χ1) is 6.77. The van der Waals surface area contributed by atoms with Gasteiger partial charge in [0.05, 0.1) is 5.41 Å². The van der Waals surface area contributed by atoms with Crippen molar-refractivity contribution in [3.63, 3.8) is 0 Å². The number of aryl methyl sites for hydroxylation is 1. The maximum atomic E-state index is 5.69. The average molecular weight is 200 g/mol.